The van der Waals surface area contributed by atoms with Crippen molar-refractivity contribution >= 4 is 27.9 Å². The minimum Gasteiger partial charge on any atom is -0.317 e. The van der Waals surface area contributed by atoms with E-state index in [1.165, 1.54) is 0 Å². The van der Waals surface area contributed by atoms with Gasteiger partial charge in [-0.15, -0.1) is 0 Å². The third kappa shape index (κ3) is 4.65. The molecule has 0 fully saturated rings. The molecule has 156 valence electrons. The van der Waals surface area contributed by atoms with E-state index in [-0.39, 0.29) is 29.5 Å². The standard InChI is InChI=1S/C16H14F4N4O3S2/c1-3-4-29(26,27)22-11-6-12(10(17)5-9(11)8-21)24-14(25)7-13(16(18,19)20)23(2)15(24)28/h5-7,22H,3-4H2,1-2H3. The summed E-state index contributed by atoms with van der Waals surface area (Å²) in [6.45, 7) is 1.60. The maximum atomic E-state index is 14.5. The molecule has 0 spiro atoms. The highest BCUT2D eigenvalue weighted by Gasteiger charge is 2.34. The molecular weight excluding hydrogens is 436 g/mol. The third-order valence-electron chi connectivity index (χ3n) is 3.80. The fourth-order valence-electron chi connectivity index (χ4n) is 2.52. The second-order valence-electron chi connectivity index (χ2n) is 5.92. The number of nitrogens with zero attached hydrogens (tertiary/aromatic N) is 3. The van der Waals surface area contributed by atoms with Gasteiger partial charge in [0.25, 0.3) is 5.56 Å². The van der Waals surface area contributed by atoms with Crippen LogP contribution in [0.4, 0.5) is 23.2 Å². The first-order valence-corrected chi connectivity index (χ1v) is 10.0. The predicted octanol–water partition coefficient (Wildman–Crippen LogP) is 3.09. The van der Waals surface area contributed by atoms with Crippen LogP contribution in [0.2, 0.25) is 0 Å². The van der Waals surface area contributed by atoms with Gasteiger partial charge in [0.2, 0.25) is 10.0 Å². The first-order valence-electron chi connectivity index (χ1n) is 7.97. The SMILES string of the molecule is CCCS(=O)(=O)Nc1cc(-n2c(=O)cc(C(F)(F)F)n(C)c2=S)c(F)cc1C#N. The Balaban J connectivity index is 2.79. The van der Waals surface area contributed by atoms with Crippen molar-refractivity contribution in [1.82, 2.24) is 9.13 Å². The van der Waals surface area contributed by atoms with Gasteiger partial charge in [0, 0.05) is 13.1 Å². The van der Waals surface area contributed by atoms with Crippen molar-refractivity contribution in [3.05, 3.63) is 50.4 Å². The van der Waals surface area contributed by atoms with Gasteiger partial charge in [-0.2, -0.15) is 18.4 Å². The zero-order valence-electron chi connectivity index (χ0n) is 15.0. The van der Waals surface area contributed by atoms with E-state index in [0.29, 0.717) is 15.2 Å². The number of hydrogen-bond donors (Lipinski definition) is 1. The first kappa shape index (κ1) is 22.6. The number of alkyl halides is 3. The molecule has 0 radical (unpaired) electrons. The predicted molar refractivity (Wildman–Crippen MR) is 99.2 cm³/mol. The molecule has 1 N–H and O–H groups in total. The smallest absolute Gasteiger partial charge is 0.317 e. The number of sulfonamides is 1. The van der Waals surface area contributed by atoms with Crippen LogP contribution in [-0.2, 0) is 23.2 Å². The van der Waals surface area contributed by atoms with Crippen LogP contribution in [0, 0.1) is 21.9 Å². The lowest BCUT2D eigenvalue weighted by molar-refractivity contribution is -0.143. The highest BCUT2D eigenvalue weighted by atomic mass is 32.2. The summed E-state index contributed by atoms with van der Waals surface area (Å²) in [5, 5.41) is 9.14. The quantitative estimate of drug-likeness (QED) is 0.558. The topological polar surface area (TPSA) is 96.9 Å². The lowest BCUT2D eigenvalue weighted by Gasteiger charge is -2.17. The summed E-state index contributed by atoms with van der Waals surface area (Å²) in [6.07, 6.45) is -4.61. The van der Waals surface area contributed by atoms with Crippen LogP contribution in [0.3, 0.4) is 0 Å². The van der Waals surface area contributed by atoms with Crippen LogP contribution in [0.5, 0.6) is 0 Å². The number of halogens is 4. The molecule has 0 aliphatic carbocycles. The molecule has 2 rings (SSSR count). The lowest BCUT2D eigenvalue weighted by Crippen LogP contribution is -2.28. The minimum absolute atomic E-state index is 0.244. The first-order chi connectivity index (χ1) is 13.3. The van der Waals surface area contributed by atoms with Crippen molar-refractivity contribution in [3.63, 3.8) is 0 Å². The number of benzene rings is 1. The molecule has 1 heterocycles. The Kier molecular flexibility index (Phi) is 6.19. The molecule has 0 saturated carbocycles. The van der Waals surface area contributed by atoms with Gasteiger partial charge in [0.15, 0.2) is 4.77 Å². The monoisotopic (exact) mass is 450 g/mol. The van der Waals surface area contributed by atoms with Crippen molar-refractivity contribution < 1.29 is 26.0 Å². The van der Waals surface area contributed by atoms with E-state index in [1.807, 2.05) is 0 Å². The van der Waals surface area contributed by atoms with E-state index in [4.69, 9.17) is 17.5 Å². The van der Waals surface area contributed by atoms with Gasteiger partial charge in [-0.1, -0.05) is 6.92 Å². The molecular formula is C16H14F4N4O3S2. The molecule has 0 aliphatic rings. The molecule has 13 heteroatoms. The van der Waals surface area contributed by atoms with Gasteiger partial charge in [-0.05, 0) is 30.8 Å². The van der Waals surface area contributed by atoms with E-state index in [1.54, 1.807) is 13.0 Å². The maximum Gasteiger partial charge on any atom is 0.431 e. The molecule has 0 unspecified atom stereocenters. The Hall–Kier alpha value is -2.72. The average molecular weight is 450 g/mol. The molecule has 0 aliphatic heterocycles. The van der Waals surface area contributed by atoms with E-state index in [9.17, 15) is 30.8 Å². The van der Waals surface area contributed by atoms with E-state index in [0.717, 1.165) is 13.1 Å². The molecule has 0 atom stereocenters. The second-order valence-corrected chi connectivity index (χ2v) is 8.13. The fourth-order valence-corrected chi connectivity index (χ4v) is 3.95. The van der Waals surface area contributed by atoms with Gasteiger partial charge < -0.3 is 4.57 Å². The Morgan fingerprint density at radius 3 is 2.41 bits per heavy atom. The molecule has 2 aromatic rings. The fraction of sp³-hybridized carbons (Fsp3) is 0.312. The molecule has 7 nitrogen and oxygen atoms in total. The molecule has 29 heavy (non-hydrogen) atoms. The van der Waals surface area contributed by atoms with E-state index in [2.05, 4.69) is 4.72 Å². The van der Waals surface area contributed by atoms with Gasteiger partial charge in [-0.25, -0.2) is 12.8 Å². The molecule has 0 saturated heterocycles. The van der Waals surface area contributed by atoms with Crippen LogP contribution < -0.4 is 10.3 Å². The van der Waals surface area contributed by atoms with Gasteiger partial charge in [0.05, 0.1) is 22.7 Å². The van der Waals surface area contributed by atoms with Crippen molar-refractivity contribution in [2.75, 3.05) is 10.5 Å². The summed E-state index contributed by atoms with van der Waals surface area (Å²) in [6, 6.07) is 3.36. The van der Waals surface area contributed by atoms with Gasteiger partial charge in [0.1, 0.15) is 17.6 Å². The number of hydrogen-bond acceptors (Lipinski definition) is 5. The highest BCUT2D eigenvalue weighted by molar-refractivity contribution is 7.92. The largest absolute Gasteiger partial charge is 0.431 e. The van der Waals surface area contributed by atoms with Crippen LogP contribution in [0.15, 0.2) is 23.0 Å². The summed E-state index contributed by atoms with van der Waals surface area (Å²) >= 11 is 4.89. The average Bonchev–Trinajstić information content (AvgIpc) is 2.59. The van der Waals surface area contributed by atoms with Crippen LogP contribution in [0.1, 0.15) is 24.6 Å². The lowest BCUT2D eigenvalue weighted by atomic mass is 10.1. The van der Waals surface area contributed by atoms with Crippen molar-refractivity contribution in [1.29, 1.82) is 5.26 Å². The molecule has 1 aromatic heterocycles. The summed E-state index contributed by atoms with van der Waals surface area (Å²) in [4.78, 5) is 12.3. The zero-order chi connectivity index (χ0) is 22.1. The number of rotatable bonds is 5. The van der Waals surface area contributed by atoms with Crippen LogP contribution in [0.25, 0.3) is 5.69 Å². The van der Waals surface area contributed by atoms with Crippen molar-refractivity contribution in [2.45, 2.75) is 19.5 Å². The number of nitriles is 1. The normalized spacial score (nSPS) is 11.9. The number of anilines is 1. The summed E-state index contributed by atoms with van der Waals surface area (Å²) < 4.78 is 80.1. The number of aromatic nitrogens is 2. The summed E-state index contributed by atoms with van der Waals surface area (Å²) in [7, 11) is -2.92. The van der Waals surface area contributed by atoms with Crippen LogP contribution in [-0.4, -0.2) is 23.3 Å². The summed E-state index contributed by atoms with van der Waals surface area (Å²) in [5.41, 5.74) is -3.91. The maximum absolute atomic E-state index is 14.5. The Bertz CT molecular complexity index is 1220. The van der Waals surface area contributed by atoms with Gasteiger partial charge in [-0.3, -0.25) is 14.1 Å². The van der Waals surface area contributed by atoms with Gasteiger partial charge >= 0.3 is 6.18 Å². The zero-order valence-corrected chi connectivity index (χ0v) is 16.7. The minimum atomic E-state index is -4.87. The van der Waals surface area contributed by atoms with Crippen LogP contribution >= 0.6 is 12.2 Å². The van der Waals surface area contributed by atoms with Crippen molar-refractivity contribution in [3.8, 4) is 11.8 Å². The Morgan fingerprint density at radius 2 is 1.90 bits per heavy atom. The van der Waals surface area contributed by atoms with E-state index >= 15 is 0 Å². The Labute approximate surface area is 167 Å². The van der Waals surface area contributed by atoms with Crippen molar-refractivity contribution in [2.24, 2.45) is 7.05 Å². The molecule has 1 aromatic carbocycles. The summed E-state index contributed by atoms with van der Waals surface area (Å²) in [5.74, 6) is -1.43. The number of nitrogens with one attached hydrogen (secondary N) is 1. The second kappa shape index (κ2) is 7.96. The molecule has 0 amide bonds. The Morgan fingerprint density at radius 1 is 1.28 bits per heavy atom. The third-order valence-corrected chi connectivity index (χ3v) is 5.73. The van der Waals surface area contributed by atoms with E-state index < -0.39 is 43.7 Å². The molecule has 0 bridgehead atoms. The highest BCUT2D eigenvalue weighted by Crippen LogP contribution is 2.29.